The van der Waals surface area contributed by atoms with Crippen molar-refractivity contribution >= 4 is 19.8 Å². The maximum Gasteiger partial charge on any atom is 0.472 e. The fourth-order valence-corrected chi connectivity index (χ4v) is 5.96. The van der Waals surface area contributed by atoms with Crippen LogP contribution in [0.5, 0.6) is 0 Å². The highest BCUT2D eigenvalue weighted by atomic mass is 31.2. The minimum atomic E-state index is -4.37. The first kappa shape index (κ1) is 46.5. The van der Waals surface area contributed by atoms with E-state index in [1.165, 1.54) is 96.3 Å². The predicted octanol–water partition coefficient (Wildman–Crippen LogP) is 10.4. The smallest absolute Gasteiger partial charge is 0.462 e. The summed E-state index contributed by atoms with van der Waals surface area (Å²) < 4.78 is 32.6. The zero-order chi connectivity index (χ0) is 35.4. The molecule has 282 valence electrons. The van der Waals surface area contributed by atoms with Crippen molar-refractivity contribution in [3.8, 4) is 0 Å². The predicted molar refractivity (Wildman–Crippen MR) is 197 cm³/mol. The standard InChI is InChI=1S/C38H72NO8P/c1-3-5-7-9-11-13-15-17-18-19-21-23-25-27-29-31-38(41)47-36(35-46-48(42,43)45-33-32-39)34-44-37(40)30-28-26-24-22-20-16-14-12-10-8-6-4-2/h17-18,21,23,36H,3-16,19-20,22,24-35,39H2,1-2H3,(H,42,43)/b18-17+,23-21+/t36-/m1/s1. The molecule has 0 aliphatic rings. The van der Waals surface area contributed by atoms with Gasteiger partial charge in [-0.15, -0.1) is 0 Å². The van der Waals surface area contributed by atoms with Crippen LogP contribution in [0.25, 0.3) is 0 Å². The SMILES string of the molecule is CCCCCCCC/C=C/C/C=C/CCCCC(=O)O[C@H](COC(=O)CCCCCCCCCCCCCC)COP(=O)(O)OCCN. The Bertz CT molecular complexity index is 851. The molecule has 0 rings (SSSR count). The van der Waals surface area contributed by atoms with Gasteiger partial charge in [-0.25, -0.2) is 4.57 Å². The summed E-state index contributed by atoms with van der Waals surface area (Å²) in [5, 5.41) is 0. The summed E-state index contributed by atoms with van der Waals surface area (Å²) in [6.07, 6.45) is 34.9. The lowest BCUT2D eigenvalue weighted by Crippen LogP contribution is -2.29. The molecule has 10 heteroatoms. The van der Waals surface area contributed by atoms with E-state index in [4.69, 9.17) is 24.3 Å². The molecular weight excluding hydrogens is 629 g/mol. The van der Waals surface area contributed by atoms with Crippen molar-refractivity contribution in [2.45, 2.75) is 180 Å². The number of hydrogen-bond acceptors (Lipinski definition) is 8. The van der Waals surface area contributed by atoms with Gasteiger partial charge in [-0.3, -0.25) is 18.6 Å². The zero-order valence-electron chi connectivity index (χ0n) is 30.7. The number of carbonyl (C=O) groups excluding carboxylic acids is 2. The Kier molecular flexibility index (Phi) is 34.2. The number of hydrogen-bond donors (Lipinski definition) is 2. The van der Waals surface area contributed by atoms with E-state index in [0.717, 1.165) is 44.9 Å². The summed E-state index contributed by atoms with van der Waals surface area (Å²) in [7, 11) is -4.37. The van der Waals surface area contributed by atoms with Gasteiger partial charge in [0.15, 0.2) is 6.10 Å². The van der Waals surface area contributed by atoms with Gasteiger partial charge in [-0.05, 0) is 44.9 Å². The molecule has 0 saturated carbocycles. The molecule has 48 heavy (non-hydrogen) atoms. The Morgan fingerprint density at radius 1 is 0.625 bits per heavy atom. The first-order valence-electron chi connectivity index (χ1n) is 19.3. The van der Waals surface area contributed by atoms with Crippen molar-refractivity contribution in [1.29, 1.82) is 0 Å². The van der Waals surface area contributed by atoms with E-state index in [9.17, 15) is 19.0 Å². The number of carbonyl (C=O) groups is 2. The van der Waals surface area contributed by atoms with Crippen LogP contribution in [0.4, 0.5) is 0 Å². The van der Waals surface area contributed by atoms with Gasteiger partial charge < -0.3 is 20.1 Å². The largest absolute Gasteiger partial charge is 0.472 e. The Hall–Kier alpha value is -1.51. The molecule has 9 nitrogen and oxygen atoms in total. The second-order valence-electron chi connectivity index (χ2n) is 12.8. The van der Waals surface area contributed by atoms with Crippen molar-refractivity contribution in [1.82, 2.24) is 0 Å². The van der Waals surface area contributed by atoms with E-state index in [0.29, 0.717) is 6.42 Å². The highest BCUT2D eigenvalue weighted by Gasteiger charge is 2.25. The summed E-state index contributed by atoms with van der Waals surface area (Å²) in [6.45, 7) is 3.68. The number of ether oxygens (including phenoxy) is 2. The van der Waals surface area contributed by atoms with Gasteiger partial charge in [0, 0.05) is 19.4 Å². The van der Waals surface area contributed by atoms with Gasteiger partial charge in [0.25, 0.3) is 0 Å². The van der Waals surface area contributed by atoms with E-state index in [2.05, 4.69) is 38.2 Å². The summed E-state index contributed by atoms with van der Waals surface area (Å²) in [5.74, 6) is -0.864. The Morgan fingerprint density at radius 2 is 1.08 bits per heavy atom. The molecule has 0 heterocycles. The van der Waals surface area contributed by atoms with Crippen molar-refractivity contribution in [2.24, 2.45) is 5.73 Å². The van der Waals surface area contributed by atoms with Gasteiger partial charge in [-0.2, -0.15) is 0 Å². The lowest BCUT2D eigenvalue weighted by Gasteiger charge is -2.19. The Balaban J connectivity index is 4.27. The van der Waals surface area contributed by atoms with Crippen LogP contribution < -0.4 is 5.73 Å². The average Bonchev–Trinajstić information content (AvgIpc) is 3.07. The molecule has 0 aromatic rings. The maximum absolute atomic E-state index is 12.5. The van der Waals surface area contributed by atoms with E-state index in [1.807, 2.05) is 0 Å². The van der Waals surface area contributed by atoms with Crippen LogP contribution >= 0.6 is 7.82 Å². The Morgan fingerprint density at radius 3 is 1.62 bits per heavy atom. The van der Waals surface area contributed by atoms with Crippen molar-refractivity contribution in [3.05, 3.63) is 24.3 Å². The van der Waals surface area contributed by atoms with E-state index in [-0.39, 0.29) is 32.6 Å². The number of rotatable bonds is 36. The fourth-order valence-electron chi connectivity index (χ4n) is 5.19. The quantitative estimate of drug-likeness (QED) is 0.0283. The molecule has 1 unspecified atom stereocenters. The van der Waals surface area contributed by atoms with Crippen LogP contribution in [-0.2, 0) is 32.7 Å². The molecule has 0 radical (unpaired) electrons. The normalized spacial score (nSPS) is 13.7. The first-order valence-corrected chi connectivity index (χ1v) is 20.8. The number of phosphoric ester groups is 1. The molecule has 2 atom stereocenters. The molecule has 0 aromatic heterocycles. The molecule has 0 aliphatic heterocycles. The highest BCUT2D eigenvalue weighted by molar-refractivity contribution is 7.47. The second kappa shape index (κ2) is 35.3. The van der Waals surface area contributed by atoms with Gasteiger partial charge in [0.05, 0.1) is 13.2 Å². The zero-order valence-corrected chi connectivity index (χ0v) is 31.6. The first-order chi connectivity index (χ1) is 23.3. The van der Waals surface area contributed by atoms with Gasteiger partial charge >= 0.3 is 19.8 Å². The third-order valence-electron chi connectivity index (χ3n) is 8.09. The van der Waals surface area contributed by atoms with Crippen LogP contribution in [0, 0.1) is 0 Å². The van der Waals surface area contributed by atoms with Crippen LogP contribution in [0.2, 0.25) is 0 Å². The molecule has 0 amide bonds. The topological polar surface area (TPSA) is 134 Å². The molecule has 0 bridgehead atoms. The summed E-state index contributed by atoms with van der Waals surface area (Å²) in [5.41, 5.74) is 5.33. The van der Waals surface area contributed by atoms with Crippen LogP contribution in [-0.4, -0.2) is 49.3 Å². The minimum absolute atomic E-state index is 0.0498. The van der Waals surface area contributed by atoms with Crippen LogP contribution in [0.3, 0.4) is 0 Å². The molecule has 0 aliphatic carbocycles. The van der Waals surface area contributed by atoms with Crippen molar-refractivity contribution < 1.29 is 37.6 Å². The molecular formula is C38H72NO8P. The molecule has 0 fully saturated rings. The second-order valence-corrected chi connectivity index (χ2v) is 14.3. The van der Waals surface area contributed by atoms with Crippen LogP contribution in [0.15, 0.2) is 24.3 Å². The fraction of sp³-hybridized carbons (Fsp3) is 0.842. The highest BCUT2D eigenvalue weighted by Crippen LogP contribution is 2.43. The van der Waals surface area contributed by atoms with Gasteiger partial charge in [-0.1, -0.05) is 141 Å². The van der Waals surface area contributed by atoms with E-state index >= 15 is 0 Å². The number of phosphoric acid groups is 1. The maximum atomic E-state index is 12.5. The lowest BCUT2D eigenvalue weighted by atomic mass is 10.0. The minimum Gasteiger partial charge on any atom is -0.462 e. The van der Waals surface area contributed by atoms with Crippen molar-refractivity contribution in [2.75, 3.05) is 26.4 Å². The Labute approximate surface area is 293 Å². The molecule has 3 N–H and O–H groups in total. The van der Waals surface area contributed by atoms with E-state index < -0.39 is 32.5 Å². The summed E-state index contributed by atoms with van der Waals surface area (Å²) in [6, 6.07) is 0. The number of esters is 2. The third kappa shape index (κ3) is 34.4. The van der Waals surface area contributed by atoms with E-state index in [1.54, 1.807) is 0 Å². The summed E-state index contributed by atoms with van der Waals surface area (Å²) >= 11 is 0. The molecule has 0 saturated heterocycles. The third-order valence-corrected chi connectivity index (χ3v) is 9.07. The monoisotopic (exact) mass is 701 g/mol. The summed E-state index contributed by atoms with van der Waals surface area (Å²) in [4.78, 5) is 34.7. The number of nitrogens with two attached hydrogens (primary N) is 1. The van der Waals surface area contributed by atoms with Crippen molar-refractivity contribution in [3.63, 3.8) is 0 Å². The van der Waals surface area contributed by atoms with Crippen LogP contribution in [0.1, 0.15) is 174 Å². The molecule has 0 aromatic carbocycles. The lowest BCUT2D eigenvalue weighted by molar-refractivity contribution is -0.161. The number of unbranched alkanes of at least 4 members (excludes halogenated alkanes) is 19. The van der Waals surface area contributed by atoms with Gasteiger partial charge in [0.1, 0.15) is 6.61 Å². The molecule has 0 spiro atoms. The number of allylic oxidation sites excluding steroid dienone is 4. The van der Waals surface area contributed by atoms with Gasteiger partial charge in [0.2, 0.25) is 0 Å². The average molecular weight is 702 g/mol.